The average molecular weight is 211 g/mol. The summed E-state index contributed by atoms with van der Waals surface area (Å²) in [7, 11) is 0. The van der Waals surface area contributed by atoms with Gasteiger partial charge in [-0.1, -0.05) is 18.2 Å². The van der Waals surface area contributed by atoms with Gasteiger partial charge in [0.05, 0.1) is 11.4 Å². The summed E-state index contributed by atoms with van der Waals surface area (Å²) in [6.45, 7) is 4.22. The molecule has 2 aromatic rings. The highest BCUT2D eigenvalue weighted by atomic mass is 16.5. The minimum atomic E-state index is 0.887. The standard InChI is InChI=1S/C14H13NO/c1-9-7-8-13-14(10(9)2)15-11-5-3-4-6-12(11)16-13/h3-8,15H,1-2H3. The second-order valence-corrected chi connectivity index (χ2v) is 4.10. The number of para-hydroxylation sites is 2. The van der Waals surface area contributed by atoms with Crippen molar-refractivity contribution in [1.29, 1.82) is 0 Å². The van der Waals surface area contributed by atoms with Crippen molar-refractivity contribution in [3.05, 3.63) is 47.5 Å². The van der Waals surface area contributed by atoms with Crippen molar-refractivity contribution in [2.45, 2.75) is 13.8 Å². The molecule has 0 saturated carbocycles. The van der Waals surface area contributed by atoms with E-state index in [0.29, 0.717) is 0 Å². The van der Waals surface area contributed by atoms with Gasteiger partial charge in [-0.25, -0.2) is 0 Å². The molecule has 80 valence electrons. The molecule has 1 N–H and O–H groups in total. The van der Waals surface area contributed by atoms with E-state index in [1.807, 2.05) is 30.3 Å². The summed E-state index contributed by atoms with van der Waals surface area (Å²) in [6, 6.07) is 12.1. The zero-order valence-corrected chi connectivity index (χ0v) is 9.37. The molecular weight excluding hydrogens is 198 g/mol. The highest BCUT2D eigenvalue weighted by molar-refractivity contribution is 5.78. The largest absolute Gasteiger partial charge is 0.453 e. The third-order valence-electron chi connectivity index (χ3n) is 3.06. The zero-order chi connectivity index (χ0) is 11.1. The van der Waals surface area contributed by atoms with E-state index in [1.165, 1.54) is 11.1 Å². The van der Waals surface area contributed by atoms with Crippen molar-refractivity contribution in [3.8, 4) is 11.5 Å². The first-order chi connectivity index (χ1) is 7.75. The summed E-state index contributed by atoms with van der Waals surface area (Å²) in [4.78, 5) is 0. The Hall–Kier alpha value is -1.96. The Morgan fingerprint density at radius 1 is 0.938 bits per heavy atom. The Labute approximate surface area is 94.9 Å². The number of anilines is 2. The molecule has 1 heterocycles. The van der Waals surface area contributed by atoms with Crippen molar-refractivity contribution in [2.75, 3.05) is 5.32 Å². The SMILES string of the molecule is Cc1ccc2c(c1C)Nc1ccccc1O2. The summed E-state index contributed by atoms with van der Waals surface area (Å²) in [5, 5.41) is 3.42. The van der Waals surface area contributed by atoms with Crippen LogP contribution in [0.1, 0.15) is 11.1 Å². The number of benzene rings is 2. The molecule has 16 heavy (non-hydrogen) atoms. The Kier molecular flexibility index (Phi) is 1.90. The van der Waals surface area contributed by atoms with Crippen LogP contribution in [-0.2, 0) is 0 Å². The number of fused-ring (bicyclic) bond motifs is 2. The maximum Gasteiger partial charge on any atom is 0.151 e. The quantitative estimate of drug-likeness (QED) is 0.603. The predicted octanol–water partition coefficient (Wildman–Crippen LogP) is 4.15. The van der Waals surface area contributed by atoms with Gasteiger partial charge >= 0.3 is 0 Å². The van der Waals surface area contributed by atoms with Crippen LogP contribution in [-0.4, -0.2) is 0 Å². The van der Waals surface area contributed by atoms with Crippen LogP contribution in [0.15, 0.2) is 36.4 Å². The van der Waals surface area contributed by atoms with Gasteiger partial charge in [-0.2, -0.15) is 0 Å². The molecule has 0 aromatic heterocycles. The van der Waals surface area contributed by atoms with Gasteiger partial charge in [-0.05, 0) is 43.2 Å². The van der Waals surface area contributed by atoms with Crippen LogP contribution < -0.4 is 10.1 Å². The lowest BCUT2D eigenvalue weighted by atomic mass is 10.1. The Morgan fingerprint density at radius 3 is 2.62 bits per heavy atom. The third-order valence-corrected chi connectivity index (χ3v) is 3.06. The van der Waals surface area contributed by atoms with Crippen molar-refractivity contribution in [2.24, 2.45) is 0 Å². The van der Waals surface area contributed by atoms with E-state index in [-0.39, 0.29) is 0 Å². The highest BCUT2D eigenvalue weighted by Crippen LogP contribution is 2.43. The third kappa shape index (κ3) is 1.27. The molecule has 0 radical (unpaired) electrons. The fourth-order valence-electron chi connectivity index (χ4n) is 1.94. The Balaban J connectivity index is 2.16. The number of hydrogen-bond donors (Lipinski definition) is 1. The first-order valence-corrected chi connectivity index (χ1v) is 5.40. The zero-order valence-electron chi connectivity index (χ0n) is 9.37. The lowest BCUT2D eigenvalue weighted by molar-refractivity contribution is 0.480. The molecule has 0 saturated heterocycles. The first kappa shape index (κ1) is 9.28. The molecule has 2 nitrogen and oxygen atoms in total. The van der Waals surface area contributed by atoms with Gasteiger partial charge in [0, 0.05) is 0 Å². The van der Waals surface area contributed by atoms with E-state index in [2.05, 4.69) is 25.2 Å². The van der Waals surface area contributed by atoms with Crippen molar-refractivity contribution in [1.82, 2.24) is 0 Å². The number of hydrogen-bond acceptors (Lipinski definition) is 2. The molecule has 0 amide bonds. The van der Waals surface area contributed by atoms with Gasteiger partial charge < -0.3 is 10.1 Å². The molecule has 0 fully saturated rings. The highest BCUT2D eigenvalue weighted by Gasteiger charge is 2.17. The molecule has 0 aliphatic carbocycles. The minimum absolute atomic E-state index is 0.887. The van der Waals surface area contributed by atoms with E-state index in [0.717, 1.165) is 22.9 Å². The van der Waals surface area contributed by atoms with Crippen LogP contribution >= 0.6 is 0 Å². The molecule has 2 heteroatoms. The van der Waals surface area contributed by atoms with Gasteiger partial charge in [0.15, 0.2) is 11.5 Å². The van der Waals surface area contributed by atoms with Crippen LogP contribution in [0.3, 0.4) is 0 Å². The molecule has 1 aliphatic heterocycles. The van der Waals surface area contributed by atoms with Crippen LogP contribution in [0, 0.1) is 13.8 Å². The van der Waals surface area contributed by atoms with Crippen molar-refractivity contribution >= 4 is 11.4 Å². The Bertz CT molecular complexity index is 561. The average Bonchev–Trinajstić information content (AvgIpc) is 2.32. The number of nitrogens with one attached hydrogen (secondary N) is 1. The summed E-state index contributed by atoms with van der Waals surface area (Å²) in [5.74, 6) is 1.79. The van der Waals surface area contributed by atoms with Crippen molar-refractivity contribution in [3.63, 3.8) is 0 Å². The number of aryl methyl sites for hydroxylation is 1. The fourth-order valence-corrected chi connectivity index (χ4v) is 1.94. The van der Waals surface area contributed by atoms with E-state index in [1.54, 1.807) is 0 Å². The second kappa shape index (κ2) is 3.27. The normalized spacial score (nSPS) is 12.1. The van der Waals surface area contributed by atoms with Crippen LogP contribution in [0.5, 0.6) is 11.5 Å². The summed E-state index contributed by atoms with van der Waals surface area (Å²) in [6.07, 6.45) is 0. The molecule has 3 rings (SSSR count). The summed E-state index contributed by atoms with van der Waals surface area (Å²) >= 11 is 0. The van der Waals surface area contributed by atoms with E-state index < -0.39 is 0 Å². The maximum atomic E-state index is 5.85. The van der Waals surface area contributed by atoms with Gasteiger partial charge in [0.1, 0.15) is 0 Å². The minimum Gasteiger partial charge on any atom is -0.453 e. The lowest BCUT2D eigenvalue weighted by Crippen LogP contribution is -2.04. The molecule has 0 bridgehead atoms. The molecule has 0 atom stereocenters. The van der Waals surface area contributed by atoms with Gasteiger partial charge in [-0.3, -0.25) is 0 Å². The first-order valence-electron chi connectivity index (χ1n) is 5.40. The monoisotopic (exact) mass is 211 g/mol. The van der Waals surface area contributed by atoms with Crippen LogP contribution in [0.4, 0.5) is 11.4 Å². The lowest BCUT2D eigenvalue weighted by Gasteiger charge is -2.23. The smallest absolute Gasteiger partial charge is 0.151 e. The Morgan fingerprint density at radius 2 is 1.75 bits per heavy atom. The van der Waals surface area contributed by atoms with Crippen LogP contribution in [0.2, 0.25) is 0 Å². The topological polar surface area (TPSA) is 21.3 Å². The second-order valence-electron chi connectivity index (χ2n) is 4.10. The van der Waals surface area contributed by atoms with Gasteiger partial charge in [0.25, 0.3) is 0 Å². The summed E-state index contributed by atoms with van der Waals surface area (Å²) in [5.41, 5.74) is 4.63. The van der Waals surface area contributed by atoms with E-state index in [9.17, 15) is 0 Å². The number of rotatable bonds is 0. The van der Waals surface area contributed by atoms with Crippen LogP contribution in [0.25, 0.3) is 0 Å². The van der Waals surface area contributed by atoms with E-state index in [4.69, 9.17) is 4.74 Å². The molecule has 0 unspecified atom stereocenters. The van der Waals surface area contributed by atoms with Gasteiger partial charge in [0.2, 0.25) is 0 Å². The van der Waals surface area contributed by atoms with Gasteiger partial charge in [-0.15, -0.1) is 0 Å². The van der Waals surface area contributed by atoms with Crippen molar-refractivity contribution < 1.29 is 4.74 Å². The molecule has 1 aliphatic rings. The predicted molar refractivity (Wildman–Crippen MR) is 65.7 cm³/mol. The fraction of sp³-hybridized carbons (Fsp3) is 0.143. The number of ether oxygens (including phenoxy) is 1. The molecule has 2 aromatic carbocycles. The summed E-state index contributed by atoms with van der Waals surface area (Å²) < 4.78 is 5.85. The maximum absolute atomic E-state index is 5.85. The molecule has 0 spiro atoms. The van der Waals surface area contributed by atoms with E-state index >= 15 is 0 Å². The molecular formula is C14H13NO.